The molecule has 3 nitrogen and oxygen atoms in total. The van der Waals surface area contributed by atoms with Gasteiger partial charge in [-0.1, -0.05) is 12.1 Å². The maximum atomic E-state index is 11.7. The molecule has 0 saturated carbocycles. The Labute approximate surface area is 100 Å². The van der Waals surface area contributed by atoms with Crippen LogP contribution < -0.4 is 4.74 Å². The summed E-state index contributed by atoms with van der Waals surface area (Å²) in [6.45, 7) is 0. The molecule has 0 spiro atoms. The van der Waals surface area contributed by atoms with Crippen LogP contribution in [0.1, 0.15) is 22.3 Å². The number of rotatable bonds is 1. The zero-order chi connectivity index (χ0) is 11.7. The van der Waals surface area contributed by atoms with Crippen molar-refractivity contribution in [2.24, 2.45) is 0 Å². The number of hydrogen-bond acceptors (Lipinski definition) is 3. The molecule has 1 aliphatic carbocycles. The lowest BCUT2D eigenvalue weighted by Crippen LogP contribution is -2.25. The van der Waals surface area contributed by atoms with Gasteiger partial charge in [-0.3, -0.25) is 4.79 Å². The Balaban J connectivity index is 2.33. The number of aryl methyl sites for hydroxylation is 1. The third-order valence-corrected chi connectivity index (χ3v) is 3.02. The van der Waals surface area contributed by atoms with Crippen LogP contribution in [0, 0.1) is 0 Å². The molecule has 1 aromatic carbocycles. The van der Waals surface area contributed by atoms with Crippen molar-refractivity contribution in [3.8, 4) is 5.75 Å². The van der Waals surface area contributed by atoms with Crippen molar-refractivity contribution in [2.75, 3.05) is 14.1 Å². The normalized spacial score (nSPS) is 13.5. The third kappa shape index (κ3) is 1.93. The number of thiocarbonyl (C=S) groups is 1. The lowest BCUT2D eigenvalue weighted by Gasteiger charge is -2.15. The van der Waals surface area contributed by atoms with Crippen molar-refractivity contribution in [3.05, 3.63) is 29.3 Å². The molecule has 0 aliphatic heterocycles. The first-order chi connectivity index (χ1) is 7.59. The number of ketones is 1. The van der Waals surface area contributed by atoms with Crippen LogP contribution in [0.15, 0.2) is 18.2 Å². The fraction of sp³-hybridized carbons (Fsp3) is 0.333. The fourth-order valence-electron chi connectivity index (χ4n) is 1.74. The number of carbonyl (C=O) groups is 1. The van der Waals surface area contributed by atoms with E-state index in [4.69, 9.17) is 17.0 Å². The highest BCUT2D eigenvalue weighted by Crippen LogP contribution is 2.30. The summed E-state index contributed by atoms with van der Waals surface area (Å²) in [4.78, 5) is 13.4. The zero-order valence-corrected chi connectivity index (χ0v) is 10.1. The van der Waals surface area contributed by atoms with Gasteiger partial charge in [-0.05, 0) is 30.3 Å². The van der Waals surface area contributed by atoms with Gasteiger partial charge in [-0.2, -0.15) is 0 Å². The van der Waals surface area contributed by atoms with E-state index in [9.17, 15) is 4.79 Å². The molecule has 0 amide bonds. The topological polar surface area (TPSA) is 29.5 Å². The Morgan fingerprint density at radius 2 is 2.12 bits per heavy atom. The van der Waals surface area contributed by atoms with Gasteiger partial charge in [0.15, 0.2) is 5.78 Å². The van der Waals surface area contributed by atoms with E-state index in [0.29, 0.717) is 22.9 Å². The smallest absolute Gasteiger partial charge is 0.264 e. The highest BCUT2D eigenvalue weighted by molar-refractivity contribution is 7.80. The minimum absolute atomic E-state index is 0.146. The van der Waals surface area contributed by atoms with Crippen molar-refractivity contribution >= 4 is 23.2 Å². The standard InChI is InChI=1S/C12H13NO2S/c1-13(2)12(16)15-10-5-3-4-8-6-7-9(14)11(8)10/h3-5H,6-7H2,1-2H3. The summed E-state index contributed by atoms with van der Waals surface area (Å²) in [5.41, 5.74) is 1.76. The minimum atomic E-state index is 0.146. The highest BCUT2D eigenvalue weighted by Gasteiger charge is 2.24. The van der Waals surface area contributed by atoms with E-state index in [1.165, 1.54) is 0 Å². The van der Waals surface area contributed by atoms with E-state index in [2.05, 4.69) is 0 Å². The summed E-state index contributed by atoms with van der Waals surface area (Å²) in [5.74, 6) is 0.728. The van der Waals surface area contributed by atoms with E-state index in [1.54, 1.807) is 11.0 Å². The summed E-state index contributed by atoms with van der Waals surface area (Å²) in [6, 6.07) is 5.65. The van der Waals surface area contributed by atoms with Gasteiger partial charge in [0.25, 0.3) is 5.17 Å². The Hall–Kier alpha value is -1.42. The quantitative estimate of drug-likeness (QED) is 0.697. The fourth-order valence-corrected chi connectivity index (χ4v) is 1.83. The van der Waals surface area contributed by atoms with Gasteiger partial charge in [-0.15, -0.1) is 0 Å². The van der Waals surface area contributed by atoms with Crippen molar-refractivity contribution in [1.29, 1.82) is 0 Å². The van der Waals surface area contributed by atoms with Gasteiger partial charge in [0.05, 0.1) is 5.56 Å². The maximum Gasteiger partial charge on any atom is 0.264 e. The summed E-state index contributed by atoms with van der Waals surface area (Å²) >= 11 is 5.06. The number of ether oxygens (including phenoxy) is 1. The number of hydrogen-bond donors (Lipinski definition) is 0. The van der Waals surface area contributed by atoms with E-state index in [0.717, 1.165) is 12.0 Å². The van der Waals surface area contributed by atoms with E-state index >= 15 is 0 Å². The molecule has 4 heteroatoms. The molecular formula is C12H13NO2S. The van der Waals surface area contributed by atoms with Crippen LogP contribution in [-0.4, -0.2) is 30.0 Å². The molecule has 1 aliphatic rings. The molecule has 84 valence electrons. The molecule has 0 heterocycles. The molecule has 0 fully saturated rings. The lowest BCUT2D eigenvalue weighted by atomic mass is 10.1. The molecule has 0 unspecified atom stereocenters. The molecular weight excluding hydrogens is 222 g/mol. The first-order valence-corrected chi connectivity index (χ1v) is 5.54. The summed E-state index contributed by atoms with van der Waals surface area (Å²) in [6.07, 6.45) is 1.38. The lowest BCUT2D eigenvalue weighted by molar-refractivity contribution is 0.0993. The minimum Gasteiger partial charge on any atom is -0.431 e. The monoisotopic (exact) mass is 235 g/mol. The van der Waals surface area contributed by atoms with Crippen LogP contribution in [0.2, 0.25) is 0 Å². The van der Waals surface area contributed by atoms with Gasteiger partial charge in [-0.25, -0.2) is 0 Å². The van der Waals surface area contributed by atoms with Crippen molar-refractivity contribution in [3.63, 3.8) is 0 Å². The predicted octanol–water partition coefficient (Wildman–Crippen LogP) is 2.04. The van der Waals surface area contributed by atoms with Crippen LogP contribution in [0.5, 0.6) is 5.75 Å². The van der Waals surface area contributed by atoms with Crippen LogP contribution in [0.4, 0.5) is 0 Å². The Morgan fingerprint density at radius 1 is 1.38 bits per heavy atom. The highest BCUT2D eigenvalue weighted by atomic mass is 32.1. The zero-order valence-electron chi connectivity index (χ0n) is 9.32. The Bertz CT molecular complexity index is 454. The van der Waals surface area contributed by atoms with Crippen LogP contribution in [-0.2, 0) is 6.42 Å². The van der Waals surface area contributed by atoms with Gasteiger partial charge in [0.2, 0.25) is 0 Å². The Morgan fingerprint density at radius 3 is 2.81 bits per heavy atom. The molecule has 0 radical (unpaired) electrons. The van der Waals surface area contributed by atoms with E-state index in [1.807, 2.05) is 26.2 Å². The largest absolute Gasteiger partial charge is 0.431 e. The van der Waals surface area contributed by atoms with Crippen LogP contribution in [0.3, 0.4) is 0 Å². The molecule has 0 aromatic heterocycles. The number of carbonyl (C=O) groups excluding carboxylic acids is 1. The van der Waals surface area contributed by atoms with Crippen LogP contribution in [0.25, 0.3) is 0 Å². The van der Waals surface area contributed by atoms with Crippen molar-refractivity contribution in [1.82, 2.24) is 4.90 Å². The summed E-state index contributed by atoms with van der Waals surface area (Å²) < 4.78 is 5.53. The van der Waals surface area contributed by atoms with Gasteiger partial charge in [0.1, 0.15) is 5.75 Å². The third-order valence-electron chi connectivity index (χ3n) is 2.58. The number of nitrogens with zero attached hydrogens (tertiary/aromatic N) is 1. The molecule has 0 atom stereocenters. The summed E-state index contributed by atoms with van der Waals surface area (Å²) in [5, 5.41) is 0.369. The average molecular weight is 235 g/mol. The van der Waals surface area contributed by atoms with E-state index in [-0.39, 0.29) is 5.78 Å². The van der Waals surface area contributed by atoms with Crippen LogP contribution >= 0.6 is 12.2 Å². The van der Waals surface area contributed by atoms with E-state index < -0.39 is 0 Å². The second kappa shape index (κ2) is 4.22. The first-order valence-electron chi connectivity index (χ1n) is 5.14. The number of benzene rings is 1. The van der Waals surface area contributed by atoms with Gasteiger partial charge < -0.3 is 9.64 Å². The second-order valence-electron chi connectivity index (χ2n) is 3.98. The molecule has 2 rings (SSSR count). The maximum absolute atomic E-state index is 11.7. The van der Waals surface area contributed by atoms with Crippen molar-refractivity contribution < 1.29 is 9.53 Å². The van der Waals surface area contributed by atoms with Crippen molar-refractivity contribution in [2.45, 2.75) is 12.8 Å². The molecule has 0 bridgehead atoms. The van der Waals surface area contributed by atoms with Gasteiger partial charge >= 0.3 is 0 Å². The molecule has 0 saturated heterocycles. The molecule has 1 aromatic rings. The number of Topliss-reactive ketones (excluding diaryl/α,β-unsaturated/α-hetero) is 1. The second-order valence-corrected chi connectivity index (χ2v) is 4.33. The predicted molar refractivity (Wildman–Crippen MR) is 66.0 cm³/mol. The summed E-state index contributed by atoms with van der Waals surface area (Å²) in [7, 11) is 3.63. The van der Waals surface area contributed by atoms with Gasteiger partial charge in [0, 0.05) is 20.5 Å². The number of fused-ring (bicyclic) bond motifs is 1. The SMILES string of the molecule is CN(C)C(=S)Oc1cccc2c1C(=O)CC2. The molecule has 0 N–H and O–H groups in total. The molecule has 16 heavy (non-hydrogen) atoms. The average Bonchev–Trinajstić information content (AvgIpc) is 2.61. The Kier molecular flexibility index (Phi) is 2.92. The first kappa shape index (κ1) is 11.1.